The number of piperidine rings is 1. The third-order valence-electron chi connectivity index (χ3n) is 3.48. The van der Waals surface area contributed by atoms with Crippen LogP contribution < -0.4 is 5.32 Å². The Morgan fingerprint density at radius 2 is 1.60 bits per heavy atom. The number of rotatable bonds is 1. The summed E-state index contributed by atoms with van der Waals surface area (Å²) in [6.07, 6.45) is -0.446. The average Bonchev–Trinajstić information content (AvgIpc) is 2.68. The Bertz CT molecular complexity index is 633. The Kier molecular flexibility index (Phi) is 2.48. The number of nitrogens with zero attached hydrogens (tertiary/aromatic N) is 1. The molecule has 7 nitrogen and oxygen atoms in total. The van der Waals surface area contributed by atoms with Gasteiger partial charge in [0.25, 0.3) is 17.7 Å². The van der Waals surface area contributed by atoms with Crippen molar-refractivity contribution >= 4 is 23.6 Å². The Labute approximate surface area is 113 Å². The van der Waals surface area contributed by atoms with E-state index in [1.807, 2.05) is 5.32 Å². The zero-order valence-electron chi connectivity index (χ0n) is 10.3. The molecule has 1 atom stereocenters. The summed E-state index contributed by atoms with van der Waals surface area (Å²) in [5.41, 5.74) is -2.05. The monoisotopic (exact) mass is 274 g/mol. The average molecular weight is 274 g/mol. The predicted octanol–water partition coefficient (Wildman–Crippen LogP) is -0.592. The lowest BCUT2D eigenvalue weighted by atomic mass is 10.00. The molecule has 102 valence electrons. The molecule has 1 saturated heterocycles. The Balaban J connectivity index is 2.04. The second-order valence-corrected chi connectivity index (χ2v) is 4.69. The largest absolute Gasteiger partial charge is 0.363 e. The van der Waals surface area contributed by atoms with Crippen LogP contribution in [0, 0.1) is 0 Å². The number of amides is 4. The minimum Gasteiger partial charge on any atom is -0.363 e. The van der Waals surface area contributed by atoms with Gasteiger partial charge in [-0.1, -0.05) is 12.1 Å². The lowest BCUT2D eigenvalue weighted by Gasteiger charge is -2.36. The molecule has 1 unspecified atom stereocenters. The first-order valence-corrected chi connectivity index (χ1v) is 6.00. The van der Waals surface area contributed by atoms with Gasteiger partial charge in [0.05, 0.1) is 11.1 Å². The molecule has 1 fully saturated rings. The maximum absolute atomic E-state index is 12.2. The third kappa shape index (κ3) is 1.50. The lowest BCUT2D eigenvalue weighted by molar-refractivity contribution is -0.163. The van der Waals surface area contributed by atoms with Crippen molar-refractivity contribution < 1.29 is 24.3 Å². The van der Waals surface area contributed by atoms with E-state index in [0.29, 0.717) is 4.90 Å². The van der Waals surface area contributed by atoms with E-state index in [0.717, 1.165) is 0 Å². The van der Waals surface area contributed by atoms with Gasteiger partial charge in [-0.05, 0) is 12.1 Å². The van der Waals surface area contributed by atoms with Crippen LogP contribution in [0.5, 0.6) is 0 Å². The second kappa shape index (κ2) is 3.97. The van der Waals surface area contributed by atoms with Gasteiger partial charge in [0.15, 0.2) is 0 Å². The summed E-state index contributed by atoms with van der Waals surface area (Å²) in [5, 5.41) is 12.3. The highest BCUT2D eigenvalue weighted by Crippen LogP contribution is 2.32. The van der Waals surface area contributed by atoms with E-state index in [9.17, 15) is 24.3 Å². The summed E-state index contributed by atoms with van der Waals surface area (Å²) in [6.45, 7) is 0. The number of nitrogens with one attached hydrogen (secondary N) is 1. The van der Waals surface area contributed by atoms with E-state index in [4.69, 9.17) is 0 Å². The Morgan fingerprint density at radius 3 is 2.10 bits per heavy atom. The molecule has 1 aromatic carbocycles. The topological polar surface area (TPSA) is 104 Å². The molecule has 0 radical (unpaired) electrons. The van der Waals surface area contributed by atoms with E-state index < -0.39 is 29.4 Å². The summed E-state index contributed by atoms with van der Waals surface area (Å²) in [7, 11) is 0. The quantitative estimate of drug-likeness (QED) is 0.666. The third-order valence-corrected chi connectivity index (χ3v) is 3.48. The van der Waals surface area contributed by atoms with Crippen molar-refractivity contribution in [2.75, 3.05) is 0 Å². The van der Waals surface area contributed by atoms with Crippen LogP contribution in [0.3, 0.4) is 0 Å². The number of benzene rings is 1. The summed E-state index contributed by atoms with van der Waals surface area (Å²) in [4.78, 5) is 47.9. The minimum atomic E-state index is -2.32. The van der Waals surface area contributed by atoms with Crippen LogP contribution >= 0.6 is 0 Å². The zero-order chi connectivity index (χ0) is 14.5. The van der Waals surface area contributed by atoms with Crippen molar-refractivity contribution in [1.82, 2.24) is 10.2 Å². The first-order chi connectivity index (χ1) is 9.45. The molecule has 3 rings (SSSR count). The molecule has 2 N–H and O–H groups in total. The van der Waals surface area contributed by atoms with E-state index in [1.165, 1.54) is 12.1 Å². The molecule has 0 aromatic heterocycles. The molecule has 0 aliphatic carbocycles. The van der Waals surface area contributed by atoms with Crippen LogP contribution in [0.15, 0.2) is 24.3 Å². The van der Waals surface area contributed by atoms with Crippen molar-refractivity contribution in [1.29, 1.82) is 0 Å². The van der Waals surface area contributed by atoms with E-state index in [-0.39, 0.29) is 24.0 Å². The SMILES string of the molecule is O=C1CCC(O)(N2C(=O)c3ccccc3C2=O)C(=O)N1. The molecule has 0 bridgehead atoms. The van der Waals surface area contributed by atoms with Crippen LogP contribution in [-0.2, 0) is 9.59 Å². The smallest absolute Gasteiger partial charge is 0.280 e. The highest BCUT2D eigenvalue weighted by atomic mass is 16.3. The lowest BCUT2D eigenvalue weighted by Crippen LogP contribution is -2.64. The molecule has 20 heavy (non-hydrogen) atoms. The first-order valence-electron chi connectivity index (χ1n) is 6.00. The molecule has 4 amide bonds. The van der Waals surface area contributed by atoms with Gasteiger partial charge < -0.3 is 5.11 Å². The Morgan fingerprint density at radius 1 is 1.05 bits per heavy atom. The number of hydrogen-bond donors (Lipinski definition) is 2. The molecule has 0 spiro atoms. The molecule has 2 aliphatic rings. The van der Waals surface area contributed by atoms with Gasteiger partial charge in [0, 0.05) is 12.8 Å². The minimum absolute atomic E-state index is 0.135. The van der Waals surface area contributed by atoms with E-state index in [2.05, 4.69) is 0 Å². The molecule has 2 aliphatic heterocycles. The molecular weight excluding hydrogens is 264 g/mol. The second-order valence-electron chi connectivity index (χ2n) is 4.69. The van der Waals surface area contributed by atoms with Crippen LogP contribution in [0.25, 0.3) is 0 Å². The number of carbonyl (C=O) groups is 4. The molecule has 2 heterocycles. The van der Waals surface area contributed by atoms with Crippen molar-refractivity contribution in [3.63, 3.8) is 0 Å². The molecule has 7 heteroatoms. The predicted molar refractivity (Wildman–Crippen MR) is 64.3 cm³/mol. The maximum atomic E-state index is 12.2. The standard InChI is InChI=1S/C13H10N2O5/c16-9-5-6-13(20,12(19)14-9)15-10(17)7-3-1-2-4-8(7)11(15)18/h1-4,20H,5-6H2,(H,14,16,19). The highest BCUT2D eigenvalue weighted by molar-refractivity contribution is 6.23. The normalized spacial score (nSPS) is 25.8. The van der Waals surface area contributed by atoms with Crippen molar-refractivity contribution in [2.45, 2.75) is 18.6 Å². The van der Waals surface area contributed by atoms with Gasteiger partial charge in [-0.2, -0.15) is 0 Å². The van der Waals surface area contributed by atoms with Gasteiger partial charge >= 0.3 is 0 Å². The van der Waals surface area contributed by atoms with Crippen LogP contribution in [0.2, 0.25) is 0 Å². The number of carbonyl (C=O) groups excluding carboxylic acids is 4. The first kappa shape index (κ1) is 12.5. The Hall–Kier alpha value is -2.54. The summed E-state index contributed by atoms with van der Waals surface area (Å²) in [6, 6.07) is 6.07. The van der Waals surface area contributed by atoms with Crippen LogP contribution in [0.4, 0.5) is 0 Å². The number of aliphatic hydroxyl groups is 1. The van der Waals surface area contributed by atoms with Gasteiger partial charge in [-0.3, -0.25) is 24.5 Å². The fraction of sp³-hybridized carbons (Fsp3) is 0.231. The number of hydrogen-bond acceptors (Lipinski definition) is 5. The van der Waals surface area contributed by atoms with E-state index in [1.54, 1.807) is 12.1 Å². The fourth-order valence-electron chi connectivity index (χ4n) is 2.43. The summed E-state index contributed by atoms with van der Waals surface area (Å²) in [5.74, 6) is -3.07. The van der Waals surface area contributed by atoms with Gasteiger partial charge in [0.1, 0.15) is 0 Å². The van der Waals surface area contributed by atoms with Gasteiger partial charge in [0.2, 0.25) is 11.6 Å². The van der Waals surface area contributed by atoms with Crippen molar-refractivity contribution in [2.24, 2.45) is 0 Å². The van der Waals surface area contributed by atoms with E-state index >= 15 is 0 Å². The summed E-state index contributed by atoms with van der Waals surface area (Å²) >= 11 is 0. The summed E-state index contributed by atoms with van der Waals surface area (Å²) < 4.78 is 0. The fourth-order valence-corrected chi connectivity index (χ4v) is 2.43. The van der Waals surface area contributed by atoms with Crippen LogP contribution in [0.1, 0.15) is 33.6 Å². The molecular formula is C13H10N2O5. The zero-order valence-corrected chi connectivity index (χ0v) is 10.3. The maximum Gasteiger partial charge on any atom is 0.280 e. The van der Waals surface area contributed by atoms with Gasteiger partial charge in [-0.15, -0.1) is 0 Å². The van der Waals surface area contributed by atoms with Crippen molar-refractivity contribution in [3.05, 3.63) is 35.4 Å². The number of fused-ring (bicyclic) bond motifs is 1. The van der Waals surface area contributed by atoms with Gasteiger partial charge in [-0.25, -0.2) is 4.90 Å². The molecule has 0 saturated carbocycles. The van der Waals surface area contributed by atoms with Crippen molar-refractivity contribution in [3.8, 4) is 0 Å². The van der Waals surface area contributed by atoms with Crippen LogP contribution in [-0.4, -0.2) is 39.4 Å². The highest BCUT2D eigenvalue weighted by Gasteiger charge is 2.54. The number of imide groups is 2. The molecule has 1 aromatic rings.